The van der Waals surface area contributed by atoms with Crippen LogP contribution >= 0.6 is 34.5 Å². The minimum atomic E-state index is 0.474. The first-order chi connectivity index (χ1) is 8.10. The molecule has 0 unspecified atom stereocenters. The highest BCUT2D eigenvalue weighted by atomic mass is 35.5. The van der Waals surface area contributed by atoms with Gasteiger partial charge in [-0.15, -0.1) is 11.3 Å². The van der Waals surface area contributed by atoms with Crippen molar-refractivity contribution in [2.75, 3.05) is 12.4 Å². The zero-order valence-corrected chi connectivity index (χ0v) is 11.6. The van der Waals surface area contributed by atoms with Gasteiger partial charge in [-0.3, -0.25) is 0 Å². The molecule has 0 radical (unpaired) electrons. The van der Waals surface area contributed by atoms with Crippen LogP contribution in [0.5, 0.6) is 5.75 Å². The molecule has 90 valence electrons. The fourth-order valence-electron chi connectivity index (χ4n) is 1.36. The molecular weight excluding hydrogens is 279 g/mol. The number of benzene rings is 1. The van der Waals surface area contributed by atoms with Crippen LogP contribution in [0.25, 0.3) is 0 Å². The molecule has 0 amide bonds. The Hall–Kier alpha value is -0.970. The molecule has 17 heavy (non-hydrogen) atoms. The summed E-state index contributed by atoms with van der Waals surface area (Å²) < 4.78 is 5.26. The summed E-state index contributed by atoms with van der Waals surface area (Å²) in [7, 11) is 1.60. The summed E-state index contributed by atoms with van der Waals surface area (Å²) in [6.07, 6.45) is 0. The molecule has 0 spiro atoms. The summed E-state index contributed by atoms with van der Waals surface area (Å²) in [6.45, 7) is 1.93. The second kappa shape index (κ2) is 5.12. The summed E-state index contributed by atoms with van der Waals surface area (Å²) >= 11 is 13.2. The van der Waals surface area contributed by atoms with Crippen molar-refractivity contribution in [1.82, 2.24) is 4.98 Å². The molecule has 0 aliphatic carbocycles. The topological polar surface area (TPSA) is 34.1 Å². The maximum absolute atomic E-state index is 6.03. The lowest BCUT2D eigenvalue weighted by Gasteiger charge is -2.11. The largest absolute Gasteiger partial charge is 0.495 e. The summed E-state index contributed by atoms with van der Waals surface area (Å²) in [5.74, 6) is 0.673. The number of thiazole rings is 1. The van der Waals surface area contributed by atoms with Crippen molar-refractivity contribution in [1.29, 1.82) is 0 Å². The number of nitrogens with one attached hydrogen (secondary N) is 1. The maximum atomic E-state index is 6.03. The molecule has 3 nitrogen and oxygen atoms in total. The fourth-order valence-corrected chi connectivity index (χ4v) is 2.36. The monoisotopic (exact) mass is 288 g/mol. The summed E-state index contributed by atoms with van der Waals surface area (Å²) in [5.41, 5.74) is 1.79. The van der Waals surface area contributed by atoms with E-state index in [-0.39, 0.29) is 0 Å². The summed E-state index contributed by atoms with van der Waals surface area (Å²) in [6, 6.07) is 3.69. The zero-order chi connectivity index (χ0) is 12.4. The second-order valence-electron chi connectivity index (χ2n) is 3.40. The van der Waals surface area contributed by atoms with E-state index in [0.29, 0.717) is 15.9 Å². The van der Waals surface area contributed by atoms with Crippen LogP contribution in [0.2, 0.25) is 10.2 Å². The highest BCUT2D eigenvalue weighted by Crippen LogP contribution is 2.34. The Morgan fingerprint density at radius 2 is 2.12 bits per heavy atom. The van der Waals surface area contributed by atoms with E-state index >= 15 is 0 Å². The average molecular weight is 289 g/mol. The summed E-state index contributed by atoms with van der Waals surface area (Å²) in [4.78, 5) is 4.12. The Morgan fingerprint density at radius 1 is 1.35 bits per heavy atom. The third-order valence-electron chi connectivity index (χ3n) is 2.20. The van der Waals surface area contributed by atoms with Gasteiger partial charge in [-0.1, -0.05) is 23.2 Å². The molecule has 0 saturated heterocycles. The van der Waals surface area contributed by atoms with Gasteiger partial charge in [0.05, 0.1) is 12.8 Å². The van der Waals surface area contributed by atoms with E-state index in [1.165, 1.54) is 11.3 Å². The number of methoxy groups -OCH3 is 1. The third-order valence-corrected chi connectivity index (χ3v) is 3.69. The van der Waals surface area contributed by atoms with Gasteiger partial charge in [-0.25, -0.2) is 4.98 Å². The quantitative estimate of drug-likeness (QED) is 0.902. The Bertz CT molecular complexity index is 542. The maximum Gasteiger partial charge on any atom is 0.188 e. The van der Waals surface area contributed by atoms with Gasteiger partial charge in [0, 0.05) is 16.5 Å². The standard InChI is InChI=1S/C11H10Cl2N2OS/c1-6-3-8(9(16-2)4-7(6)12)14-11-15-10(13)5-17-11/h3-5H,1-2H3,(H,14,15). The molecule has 0 atom stereocenters. The number of ether oxygens (including phenoxy) is 1. The normalized spacial score (nSPS) is 10.4. The van der Waals surface area contributed by atoms with Crippen LogP contribution in [0, 0.1) is 6.92 Å². The number of hydrogen-bond acceptors (Lipinski definition) is 4. The second-order valence-corrected chi connectivity index (χ2v) is 5.05. The third kappa shape index (κ3) is 2.83. The molecule has 6 heteroatoms. The van der Waals surface area contributed by atoms with Gasteiger partial charge in [-0.05, 0) is 18.6 Å². The van der Waals surface area contributed by atoms with E-state index in [2.05, 4.69) is 10.3 Å². The molecule has 0 saturated carbocycles. The highest BCUT2D eigenvalue weighted by molar-refractivity contribution is 7.14. The van der Waals surface area contributed by atoms with Crippen LogP contribution in [-0.2, 0) is 0 Å². The van der Waals surface area contributed by atoms with Gasteiger partial charge in [-0.2, -0.15) is 0 Å². The predicted octanol–water partition coefficient (Wildman–Crippen LogP) is 4.51. The fraction of sp³-hybridized carbons (Fsp3) is 0.182. The molecule has 1 heterocycles. The van der Waals surface area contributed by atoms with E-state index in [1.54, 1.807) is 18.6 Å². The van der Waals surface area contributed by atoms with Gasteiger partial charge in [0.15, 0.2) is 5.13 Å². The SMILES string of the molecule is COc1cc(Cl)c(C)cc1Nc1nc(Cl)cs1. The van der Waals surface area contributed by atoms with E-state index < -0.39 is 0 Å². The van der Waals surface area contributed by atoms with Crippen molar-refractivity contribution in [3.63, 3.8) is 0 Å². The molecule has 1 aromatic heterocycles. The summed E-state index contributed by atoms with van der Waals surface area (Å²) in [5, 5.41) is 6.78. The number of nitrogens with zero attached hydrogens (tertiary/aromatic N) is 1. The van der Waals surface area contributed by atoms with Crippen molar-refractivity contribution in [3.8, 4) is 5.75 Å². The smallest absolute Gasteiger partial charge is 0.188 e. The van der Waals surface area contributed by atoms with E-state index in [0.717, 1.165) is 16.4 Å². The number of aromatic nitrogens is 1. The predicted molar refractivity (Wildman–Crippen MR) is 73.1 cm³/mol. The molecule has 2 rings (SSSR count). The molecule has 0 bridgehead atoms. The van der Waals surface area contributed by atoms with Crippen molar-refractivity contribution in [3.05, 3.63) is 33.3 Å². The van der Waals surface area contributed by atoms with Crippen LogP contribution in [0.3, 0.4) is 0 Å². The van der Waals surface area contributed by atoms with Crippen molar-refractivity contribution >= 4 is 45.4 Å². The number of anilines is 2. The van der Waals surface area contributed by atoms with E-state index in [9.17, 15) is 0 Å². The lowest BCUT2D eigenvalue weighted by molar-refractivity contribution is 0.417. The Morgan fingerprint density at radius 3 is 2.71 bits per heavy atom. The first-order valence-electron chi connectivity index (χ1n) is 4.82. The van der Waals surface area contributed by atoms with Gasteiger partial charge < -0.3 is 10.1 Å². The Kier molecular flexibility index (Phi) is 3.76. The number of aryl methyl sites for hydroxylation is 1. The number of rotatable bonds is 3. The highest BCUT2D eigenvalue weighted by Gasteiger charge is 2.08. The van der Waals surface area contributed by atoms with Crippen molar-refractivity contribution in [2.24, 2.45) is 0 Å². The Balaban J connectivity index is 2.34. The van der Waals surface area contributed by atoms with E-state index in [4.69, 9.17) is 27.9 Å². The van der Waals surface area contributed by atoms with Crippen LogP contribution in [-0.4, -0.2) is 12.1 Å². The average Bonchev–Trinajstić information content (AvgIpc) is 2.69. The molecule has 1 N–H and O–H groups in total. The molecule has 0 fully saturated rings. The minimum Gasteiger partial charge on any atom is -0.495 e. The molecular formula is C11H10Cl2N2OS. The van der Waals surface area contributed by atoms with Gasteiger partial charge in [0.25, 0.3) is 0 Å². The van der Waals surface area contributed by atoms with Crippen LogP contribution in [0.15, 0.2) is 17.5 Å². The van der Waals surface area contributed by atoms with E-state index in [1.807, 2.05) is 13.0 Å². The molecule has 1 aromatic carbocycles. The lowest BCUT2D eigenvalue weighted by Crippen LogP contribution is -1.95. The van der Waals surface area contributed by atoms with Crippen LogP contribution in [0.4, 0.5) is 10.8 Å². The van der Waals surface area contributed by atoms with Crippen LogP contribution in [0.1, 0.15) is 5.56 Å². The van der Waals surface area contributed by atoms with Gasteiger partial charge in [0.1, 0.15) is 10.9 Å². The first-order valence-corrected chi connectivity index (χ1v) is 6.46. The molecule has 2 aromatic rings. The van der Waals surface area contributed by atoms with Gasteiger partial charge >= 0.3 is 0 Å². The van der Waals surface area contributed by atoms with Crippen molar-refractivity contribution in [2.45, 2.75) is 6.92 Å². The number of halogens is 2. The molecule has 0 aliphatic rings. The Labute approximate surface area is 113 Å². The zero-order valence-electron chi connectivity index (χ0n) is 9.25. The van der Waals surface area contributed by atoms with Crippen LogP contribution < -0.4 is 10.1 Å². The lowest BCUT2D eigenvalue weighted by atomic mass is 10.2. The minimum absolute atomic E-state index is 0.474. The number of hydrogen-bond donors (Lipinski definition) is 1. The van der Waals surface area contributed by atoms with Crippen molar-refractivity contribution < 1.29 is 4.74 Å². The molecule has 0 aliphatic heterocycles. The first kappa shape index (κ1) is 12.5. The van der Waals surface area contributed by atoms with Gasteiger partial charge in [0.2, 0.25) is 0 Å².